The van der Waals surface area contributed by atoms with Gasteiger partial charge in [0.15, 0.2) is 0 Å². The van der Waals surface area contributed by atoms with E-state index in [4.69, 9.17) is 14.2 Å². The molecule has 0 unspecified atom stereocenters. The average molecular weight is 429 g/mol. The van der Waals surface area contributed by atoms with Crippen molar-refractivity contribution in [3.8, 4) is 0 Å². The van der Waals surface area contributed by atoms with Crippen LogP contribution in [0.15, 0.2) is 36.4 Å². The van der Waals surface area contributed by atoms with Crippen LogP contribution in [0, 0.1) is 6.92 Å². The van der Waals surface area contributed by atoms with Gasteiger partial charge in [-0.2, -0.15) is 0 Å². The number of ketones is 1. The molecule has 2 aromatic rings. The van der Waals surface area contributed by atoms with Crippen LogP contribution in [-0.2, 0) is 41.1 Å². The highest BCUT2D eigenvalue weighted by atomic mass is 16.6. The molecule has 2 rings (SSSR count). The number of nitrogens with zero attached hydrogens (tertiary/aromatic N) is 1. The van der Waals surface area contributed by atoms with E-state index in [1.807, 2.05) is 6.92 Å². The first-order valence-electron chi connectivity index (χ1n) is 10.0. The molecule has 31 heavy (non-hydrogen) atoms. The first-order valence-corrected chi connectivity index (χ1v) is 10.0. The average Bonchev–Trinajstić information content (AvgIpc) is 3.11. The van der Waals surface area contributed by atoms with Crippen molar-refractivity contribution >= 4 is 23.7 Å². The maximum absolute atomic E-state index is 13.0. The molecule has 0 radical (unpaired) electrons. The molecule has 8 nitrogen and oxygen atoms in total. The third kappa shape index (κ3) is 4.38. The van der Waals surface area contributed by atoms with Gasteiger partial charge in [0, 0.05) is 12.6 Å². The number of ether oxygens (including phenoxy) is 3. The van der Waals surface area contributed by atoms with Crippen LogP contribution in [-0.4, -0.2) is 48.1 Å². The minimum Gasteiger partial charge on any atom is -0.464 e. The second kappa shape index (κ2) is 10.1. The van der Waals surface area contributed by atoms with Crippen LogP contribution >= 0.6 is 0 Å². The van der Waals surface area contributed by atoms with Gasteiger partial charge in [0.1, 0.15) is 0 Å². The minimum absolute atomic E-state index is 0.0705. The number of aryl methyl sites for hydroxylation is 1. The summed E-state index contributed by atoms with van der Waals surface area (Å²) in [5, 5.41) is 0. The number of hydrogen-bond donors (Lipinski definition) is 0. The molecule has 0 amide bonds. The monoisotopic (exact) mass is 429 g/mol. The predicted molar refractivity (Wildman–Crippen MR) is 112 cm³/mol. The number of hydrogen-bond acceptors (Lipinski definition) is 7. The second-order valence-corrected chi connectivity index (χ2v) is 6.77. The lowest BCUT2D eigenvalue weighted by Gasteiger charge is -2.27. The van der Waals surface area contributed by atoms with Gasteiger partial charge in [0.2, 0.25) is 5.78 Å². The van der Waals surface area contributed by atoms with Crippen molar-refractivity contribution < 1.29 is 33.4 Å². The summed E-state index contributed by atoms with van der Waals surface area (Å²) in [6.07, 6.45) is 0. The summed E-state index contributed by atoms with van der Waals surface area (Å²) in [7, 11) is 1.49. The lowest BCUT2D eigenvalue weighted by Crippen LogP contribution is -2.54. The van der Waals surface area contributed by atoms with Crippen LogP contribution in [0.2, 0.25) is 0 Å². The van der Waals surface area contributed by atoms with E-state index in [-0.39, 0.29) is 37.0 Å². The fourth-order valence-electron chi connectivity index (χ4n) is 3.25. The highest BCUT2D eigenvalue weighted by Crippen LogP contribution is 2.32. The Kier molecular flexibility index (Phi) is 7.74. The van der Waals surface area contributed by atoms with Gasteiger partial charge in [0.05, 0.1) is 31.2 Å². The Morgan fingerprint density at radius 1 is 0.774 bits per heavy atom. The summed E-state index contributed by atoms with van der Waals surface area (Å²) in [5.74, 6) is -3.70. The van der Waals surface area contributed by atoms with Crippen LogP contribution in [0.5, 0.6) is 0 Å². The molecule has 0 saturated carbocycles. The zero-order valence-corrected chi connectivity index (χ0v) is 18.4. The Balaban J connectivity index is 2.70. The van der Waals surface area contributed by atoms with Gasteiger partial charge in [-0.3, -0.25) is 4.79 Å². The third-order valence-electron chi connectivity index (χ3n) is 4.80. The van der Waals surface area contributed by atoms with Crippen molar-refractivity contribution in [2.45, 2.75) is 33.1 Å². The van der Waals surface area contributed by atoms with E-state index in [0.717, 1.165) is 5.56 Å². The van der Waals surface area contributed by atoms with Crippen molar-refractivity contribution in [3.05, 3.63) is 58.9 Å². The SMILES string of the molecule is CCOC(=O)C(C(=O)OCC)(C(=O)OCC)c1ccc(C(=O)c2ccc(C)cc2)n1C. The quantitative estimate of drug-likeness (QED) is 0.261. The fraction of sp³-hybridized carbons (Fsp3) is 0.391. The molecular weight excluding hydrogens is 402 g/mol. The van der Waals surface area contributed by atoms with Gasteiger partial charge in [-0.25, -0.2) is 14.4 Å². The number of carbonyl (C=O) groups excluding carboxylic acids is 4. The van der Waals surface area contributed by atoms with E-state index >= 15 is 0 Å². The summed E-state index contributed by atoms with van der Waals surface area (Å²) in [4.78, 5) is 52.1. The zero-order valence-electron chi connectivity index (χ0n) is 18.4. The number of carbonyl (C=O) groups is 4. The summed E-state index contributed by atoms with van der Waals surface area (Å²) in [6, 6.07) is 9.78. The first kappa shape index (κ1) is 23.9. The molecule has 0 N–H and O–H groups in total. The van der Waals surface area contributed by atoms with Crippen molar-refractivity contribution in [2.75, 3.05) is 19.8 Å². The lowest BCUT2D eigenvalue weighted by molar-refractivity contribution is -0.176. The van der Waals surface area contributed by atoms with E-state index in [1.54, 1.807) is 45.0 Å². The highest BCUT2D eigenvalue weighted by molar-refractivity contribution is 6.24. The van der Waals surface area contributed by atoms with Crippen LogP contribution in [0.3, 0.4) is 0 Å². The van der Waals surface area contributed by atoms with Gasteiger partial charge < -0.3 is 18.8 Å². The van der Waals surface area contributed by atoms with E-state index in [1.165, 1.54) is 23.7 Å². The van der Waals surface area contributed by atoms with Gasteiger partial charge in [-0.1, -0.05) is 29.8 Å². The number of aromatic nitrogens is 1. The minimum atomic E-state index is -2.51. The molecule has 1 aromatic carbocycles. The van der Waals surface area contributed by atoms with E-state index < -0.39 is 23.3 Å². The standard InChI is InChI=1S/C23H27NO7/c1-6-29-20(26)23(21(27)30-7-2,22(28)31-8-3)18-14-13-17(24(18)5)19(25)16-11-9-15(4)10-12-16/h9-14H,6-8H2,1-5H3. The Labute approximate surface area is 181 Å². The third-order valence-corrected chi connectivity index (χ3v) is 4.80. The number of esters is 3. The topological polar surface area (TPSA) is 101 Å². The molecule has 1 heterocycles. The predicted octanol–water partition coefficient (Wildman–Crippen LogP) is 2.49. The molecule has 0 spiro atoms. The smallest absolute Gasteiger partial charge is 0.341 e. The van der Waals surface area contributed by atoms with Crippen LogP contribution in [0.1, 0.15) is 48.1 Å². The molecular formula is C23H27NO7. The molecule has 0 bridgehead atoms. The summed E-state index contributed by atoms with van der Waals surface area (Å²) >= 11 is 0. The Morgan fingerprint density at radius 2 is 1.23 bits per heavy atom. The molecule has 0 aliphatic heterocycles. The number of rotatable bonds is 9. The largest absolute Gasteiger partial charge is 0.464 e. The summed E-state index contributed by atoms with van der Waals surface area (Å²) in [6.45, 7) is 6.35. The molecule has 166 valence electrons. The highest BCUT2D eigenvalue weighted by Gasteiger charge is 2.60. The fourth-order valence-corrected chi connectivity index (χ4v) is 3.25. The summed E-state index contributed by atoms with van der Waals surface area (Å²) < 4.78 is 16.6. The first-order chi connectivity index (χ1) is 14.7. The molecule has 0 fully saturated rings. The molecule has 1 aromatic heterocycles. The van der Waals surface area contributed by atoms with Crippen LogP contribution < -0.4 is 0 Å². The van der Waals surface area contributed by atoms with Crippen LogP contribution in [0.4, 0.5) is 0 Å². The molecule has 0 aliphatic carbocycles. The number of benzene rings is 1. The lowest BCUT2D eigenvalue weighted by atomic mass is 9.84. The maximum atomic E-state index is 13.0. The van der Waals surface area contributed by atoms with Gasteiger partial charge in [-0.05, 0) is 39.8 Å². The maximum Gasteiger partial charge on any atom is 0.341 e. The van der Waals surface area contributed by atoms with Crippen molar-refractivity contribution in [2.24, 2.45) is 7.05 Å². The zero-order chi connectivity index (χ0) is 23.2. The van der Waals surface area contributed by atoms with Crippen molar-refractivity contribution in [1.29, 1.82) is 0 Å². The van der Waals surface area contributed by atoms with E-state index in [0.29, 0.717) is 5.56 Å². The Hall–Kier alpha value is -3.42. The molecule has 0 atom stereocenters. The van der Waals surface area contributed by atoms with Crippen molar-refractivity contribution in [3.63, 3.8) is 0 Å². The second-order valence-electron chi connectivity index (χ2n) is 6.77. The normalized spacial score (nSPS) is 11.0. The van der Waals surface area contributed by atoms with Crippen LogP contribution in [0.25, 0.3) is 0 Å². The van der Waals surface area contributed by atoms with Gasteiger partial charge >= 0.3 is 17.9 Å². The van der Waals surface area contributed by atoms with E-state index in [2.05, 4.69) is 0 Å². The Morgan fingerprint density at radius 3 is 1.65 bits per heavy atom. The van der Waals surface area contributed by atoms with E-state index in [9.17, 15) is 19.2 Å². The molecule has 0 aliphatic rings. The van der Waals surface area contributed by atoms with Gasteiger partial charge in [0.25, 0.3) is 5.41 Å². The Bertz CT molecular complexity index is 927. The molecule has 8 heteroatoms. The summed E-state index contributed by atoms with van der Waals surface area (Å²) in [5.41, 5.74) is -0.982. The van der Waals surface area contributed by atoms with Crippen molar-refractivity contribution in [1.82, 2.24) is 4.57 Å². The van der Waals surface area contributed by atoms with Gasteiger partial charge in [-0.15, -0.1) is 0 Å². The molecule has 0 saturated heterocycles.